The predicted molar refractivity (Wildman–Crippen MR) is 106 cm³/mol. The van der Waals surface area contributed by atoms with Crippen LogP contribution in [0.1, 0.15) is 5.76 Å². The molecule has 1 aromatic heterocycles. The second kappa shape index (κ2) is 8.13. The Bertz CT molecular complexity index is 948. The molecule has 1 heterocycles. The first kappa shape index (κ1) is 17.4. The summed E-state index contributed by atoms with van der Waals surface area (Å²) in [5.74, 6) is 0.917. The number of rotatable bonds is 4. The Hall–Kier alpha value is -3.38. The minimum Gasteiger partial charge on any atom is -0.506 e. The van der Waals surface area contributed by atoms with Crippen LogP contribution in [-0.4, -0.2) is 16.1 Å². The normalized spacial score (nSPS) is 10.6. The zero-order chi connectivity index (χ0) is 18.4. The van der Waals surface area contributed by atoms with E-state index in [0.29, 0.717) is 11.4 Å². The highest BCUT2D eigenvalue weighted by molar-refractivity contribution is 7.80. The Morgan fingerprint density at radius 2 is 1.73 bits per heavy atom. The molecule has 26 heavy (non-hydrogen) atoms. The number of hydrogen-bond donors (Lipinski definition) is 3. The van der Waals surface area contributed by atoms with Crippen molar-refractivity contribution in [2.24, 2.45) is 0 Å². The first-order valence-corrected chi connectivity index (χ1v) is 8.26. The van der Waals surface area contributed by atoms with Crippen molar-refractivity contribution in [1.29, 1.82) is 0 Å². The molecule has 3 rings (SSSR count). The average Bonchev–Trinajstić information content (AvgIpc) is 3.12. The molecule has 0 aliphatic carbocycles. The third-order valence-electron chi connectivity index (χ3n) is 3.47. The number of phenolic OH excluding ortho intramolecular Hbond substituents is 1. The molecule has 0 atom stereocenters. The summed E-state index contributed by atoms with van der Waals surface area (Å²) in [5.41, 5.74) is 1.38. The summed E-state index contributed by atoms with van der Waals surface area (Å²) in [5, 5.41) is 15.0. The molecule has 0 aliphatic heterocycles. The van der Waals surface area contributed by atoms with Gasteiger partial charge in [0, 0.05) is 11.6 Å². The lowest BCUT2D eigenvalue weighted by Gasteiger charge is -2.09. The SMILES string of the molecule is O=C(/C=C/c1ccc(-c2ccccc2)o1)NC(=S)Nc1ccccc1O. The van der Waals surface area contributed by atoms with Crippen LogP contribution in [0.4, 0.5) is 5.69 Å². The lowest BCUT2D eigenvalue weighted by Crippen LogP contribution is -2.32. The summed E-state index contributed by atoms with van der Waals surface area (Å²) in [7, 11) is 0. The van der Waals surface area contributed by atoms with Crippen LogP contribution in [0.5, 0.6) is 5.75 Å². The molecule has 0 aliphatic rings. The van der Waals surface area contributed by atoms with Crippen LogP contribution < -0.4 is 10.6 Å². The van der Waals surface area contributed by atoms with E-state index in [2.05, 4.69) is 10.6 Å². The molecule has 0 radical (unpaired) electrons. The number of hydrogen-bond acceptors (Lipinski definition) is 4. The van der Waals surface area contributed by atoms with Gasteiger partial charge in [-0.25, -0.2) is 0 Å². The van der Waals surface area contributed by atoms with Crippen LogP contribution in [0.15, 0.2) is 77.2 Å². The number of para-hydroxylation sites is 2. The van der Waals surface area contributed by atoms with Crippen LogP contribution in [-0.2, 0) is 4.79 Å². The molecule has 1 amide bonds. The van der Waals surface area contributed by atoms with E-state index in [4.69, 9.17) is 16.6 Å². The lowest BCUT2D eigenvalue weighted by molar-refractivity contribution is -0.115. The molecule has 0 bridgehead atoms. The summed E-state index contributed by atoms with van der Waals surface area (Å²) in [6.07, 6.45) is 2.89. The van der Waals surface area contributed by atoms with E-state index in [-0.39, 0.29) is 10.9 Å². The lowest BCUT2D eigenvalue weighted by atomic mass is 10.2. The second-order valence-electron chi connectivity index (χ2n) is 5.36. The van der Waals surface area contributed by atoms with E-state index in [1.54, 1.807) is 30.3 Å². The number of nitrogens with one attached hydrogen (secondary N) is 2. The second-order valence-corrected chi connectivity index (χ2v) is 5.77. The Labute approximate surface area is 156 Å². The number of anilines is 1. The fraction of sp³-hybridized carbons (Fsp3) is 0. The molecular weight excluding hydrogens is 348 g/mol. The zero-order valence-electron chi connectivity index (χ0n) is 13.7. The number of carbonyl (C=O) groups excluding carboxylic acids is 1. The maximum Gasteiger partial charge on any atom is 0.250 e. The van der Waals surface area contributed by atoms with Crippen molar-refractivity contribution in [1.82, 2.24) is 5.32 Å². The Morgan fingerprint density at radius 3 is 2.50 bits per heavy atom. The van der Waals surface area contributed by atoms with Crippen LogP contribution >= 0.6 is 12.2 Å². The molecule has 3 aromatic rings. The molecule has 6 heteroatoms. The van der Waals surface area contributed by atoms with Gasteiger partial charge in [-0.3, -0.25) is 10.1 Å². The Balaban J connectivity index is 1.57. The van der Waals surface area contributed by atoms with Crippen molar-refractivity contribution < 1.29 is 14.3 Å². The van der Waals surface area contributed by atoms with Gasteiger partial charge >= 0.3 is 0 Å². The fourth-order valence-corrected chi connectivity index (χ4v) is 2.45. The predicted octanol–water partition coefficient (Wildman–Crippen LogP) is 4.18. The summed E-state index contributed by atoms with van der Waals surface area (Å²) in [6, 6.07) is 19.9. The van der Waals surface area contributed by atoms with Crippen molar-refractivity contribution in [3.05, 3.63) is 78.6 Å². The van der Waals surface area contributed by atoms with Crippen LogP contribution in [0.2, 0.25) is 0 Å². The quantitative estimate of drug-likeness (QED) is 0.368. The number of furan rings is 1. The molecular formula is C20H16N2O3S. The Kier molecular flexibility index (Phi) is 5.46. The van der Waals surface area contributed by atoms with Gasteiger partial charge in [0.25, 0.3) is 0 Å². The van der Waals surface area contributed by atoms with Gasteiger partial charge in [0.2, 0.25) is 5.91 Å². The van der Waals surface area contributed by atoms with Gasteiger partial charge in [-0.05, 0) is 42.6 Å². The van der Waals surface area contributed by atoms with Crippen molar-refractivity contribution in [2.75, 3.05) is 5.32 Å². The van der Waals surface area contributed by atoms with Crippen molar-refractivity contribution in [3.8, 4) is 17.1 Å². The van der Waals surface area contributed by atoms with Gasteiger partial charge in [-0.1, -0.05) is 42.5 Å². The monoisotopic (exact) mass is 364 g/mol. The van der Waals surface area contributed by atoms with Crippen molar-refractivity contribution in [3.63, 3.8) is 0 Å². The van der Waals surface area contributed by atoms with Crippen molar-refractivity contribution in [2.45, 2.75) is 0 Å². The van der Waals surface area contributed by atoms with E-state index in [0.717, 1.165) is 11.3 Å². The van der Waals surface area contributed by atoms with Gasteiger partial charge < -0.3 is 14.8 Å². The molecule has 0 spiro atoms. The standard InChI is InChI=1S/C20H16N2O3S/c23-17-9-5-4-8-16(17)21-20(26)22-19(24)13-11-15-10-12-18(25-15)14-6-2-1-3-7-14/h1-13,23H,(H2,21,22,24,26)/b13-11+. The number of carbonyl (C=O) groups is 1. The summed E-state index contributed by atoms with van der Waals surface area (Å²) in [6.45, 7) is 0. The number of benzene rings is 2. The molecule has 0 unspecified atom stereocenters. The highest BCUT2D eigenvalue weighted by Gasteiger charge is 2.06. The van der Waals surface area contributed by atoms with Gasteiger partial charge in [-0.2, -0.15) is 0 Å². The van der Waals surface area contributed by atoms with E-state index in [1.165, 1.54) is 12.1 Å². The fourth-order valence-electron chi connectivity index (χ4n) is 2.24. The first-order chi connectivity index (χ1) is 12.6. The highest BCUT2D eigenvalue weighted by atomic mass is 32.1. The molecule has 2 aromatic carbocycles. The van der Waals surface area contributed by atoms with E-state index >= 15 is 0 Å². The maximum atomic E-state index is 11.9. The smallest absolute Gasteiger partial charge is 0.250 e. The number of aromatic hydroxyl groups is 1. The van der Waals surface area contributed by atoms with Gasteiger partial charge in [0.15, 0.2) is 5.11 Å². The Morgan fingerprint density at radius 1 is 1.00 bits per heavy atom. The van der Waals surface area contributed by atoms with Crippen LogP contribution in [0, 0.1) is 0 Å². The van der Waals surface area contributed by atoms with Gasteiger partial charge in [-0.15, -0.1) is 0 Å². The minimum absolute atomic E-state index is 0.0451. The molecule has 0 fully saturated rings. The average molecular weight is 364 g/mol. The maximum absolute atomic E-state index is 11.9. The van der Waals surface area contributed by atoms with E-state index in [1.807, 2.05) is 36.4 Å². The van der Waals surface area contributed by atoms with E-state index < -0.39 is 5.91 Å². The van der Waals surface area contributed by atoms with Gasteiger partial charge in [0.1, 0.15) is 17.3 Å². The molecule has 0 saturated heterocycles. The highest BCUT2D eigenvalue weighted by Crippen LogP contribution is 2.22. The third kappa shape index (κ3) is 4.58. The van der Waals surface area contributed by atoms with Crippen LogP contribution in [0.25, 0.3) is 17.4 Å². The molecule has 3 N–H and O–H groups in total. The first-order valence-electron chi connectivity index (χ1n) is 7.85. The summed E-state index contributed by atoms with van der Waals surface area (Å²) in [4.78, 5) is 11.9. The summed E-state index contributed by atoms with van der Waals surface area (Å²) < 4.78 is 5.69. The topological polar surface area (TPSA) is 74.5 Å². The molecule has 0 saturated carbocycles. The number of amides is 1. The minimum atomic E-state index is -0.407. The number of phenols is 1. The molecule has 130 valence electrons. The molecule has 5 nitrogen and oxygen atoms in total. The third-order valence-corrected chi connectivity index (χ3v) is 3.68. The van der Waals surface area contributed by atoms with Crippen LogP contribution in [0.3, 0.4) is 0 Å². The largest absolute Gasteiger partial charge is 0.506 e. The van der Waals surface area contributed by atoms with Crippen molar-refractivity contribution >= 4 is 35.0 Å². The zero-order valence-corrected chi connectivity index (χ0v) is 14.5. The van der Waals surface area contributed by atoms with Gasteiger partial charge in [0.05, 0.1) is 5.69 Å². The number of thiocarbonyl (C=S) groups is 1. The summed E-state index contributed by atoms with van der Waals surface area (Å²) >= 11 is 5.06. The van der Waals surface area contributed by atoms with E-state index in [9.17, 15) is 9.90 Å².